The van der Waals surface area contributed by atoms with E-state index in [1.54, 1.807) is 0 Å². The summed E-state index contributed by atoms with van der Waals surface area (Å²) in [7, 11) is 0. The fourth-order valence-electron chi connectivity index (χ4n) is 2.37. The molecule has 19 heavy (non-hydrogen) atoms. The van der Waals surface area contributed by atoms with Crippen molar-refractivity contribution in [2.24, 2.45) is 0 Å². The quantitative estimate of drug-likeness (QED) is 0.666. The van der Waals surface area contributed by atoms with Gasteiger partial charge < -0.3 is 5.32 Å². The van der Waals surface area contributed by atoms with Crippen LogP contribution < -0.4 is 5.32 Å². The second kappa shape index (κ2) is 5.59. The maximum Gasteiger partial charge on any atom is 0.211 e. The van der Waals surface area contributed by atoms with Crippen molar-refractivity contribution in [3.05, 3.63) is 29.8 Å². The molecule has 0 radical (unpaired) electrons. The number of nitrogens with one attached hydrogen (secondary N) is 1. The Kier molecular flexibility index (Phi) is 4.07. The summed E-state index contributed by atoms with van der Waals surface area (Å²) in [4.78, 5) is 10.3. The second-order valence-corrected chi connectivity index (χ2v) is 4.57. The van der Waals surface area contributed by atoms with E-state index in [-0.39, 0.29) is 5.56 Å². The van der Waals surface area contributed by atoms with Crippen molar-refractivity contribution in [1.29, 1.82) is 0 Å². The van der Waals surface area contributed by atoms with Gasteiger partial charge in [-0.2, -0.15) is 0 Å². The second-order valence-electron chi connectivity index (χ2n) is 4.57. The largest absolute Gasteiger partial charge is 0.329 e. The molecule has 6 heteroatoms. The minimum atomic E-state index is -2.09. The summed E-state index contributed by atoms with van der Waals surface area (Å²) >= 11 is 0. The number of halogens is 4. The molecule has 0 aromatic heterocycles. The van der Waals surface area contributed by atoms with Gasteiger partial charge in [-0.05, 0) is 17.7 Å². The number of alkyl halides is 4. The molecule has 1 aliphatic carbocycles. The van der Waals surface area contributed by atoms with E-state index < -0.39 is 37.0 Å². The van der Waals surface area contributed by atoms with E-state index in [9.17, 15) is 22.4 Å². The third-order valence-corrected chi connectivity index (χ3v) is 3.32. The summed E-state index contributed by atoms with van der Waals surface area (Å²) in [5, 5.41) is 2.33. The van der Waals surface area contributed by atoms with Crippen molar-refractivity contribution < 1.29 is 22.4 Å². The standard InChI is InChI=1S/C13H13F4NO/c14-9-5-10(15)13(17)11(12(9)16)7-2-1-3-8(4-7)18-6-19/h1-4,6,9-13H,5H2,(H,18,19). The van der Waals surface area contributed by atoms with Crippen molar-refractivity contribution in [2.75, 3.05) is 5.32 Å². The number of benzene rings is 1. The first-order chi connectivity index (χ1) is 9.04. The Morgan fingerprint density at radius 2 is 1.74 bits per heavy atom. The molecule has 104 valence electrons. The lowest BCUT2D eigenvalue weighted by Crippen LogP contribution is -2.43. The Hall–Kier alpha value is -1.59. The van der Waals surface area contributed by atoms with Crippen LogP contribution in [-0.2, 0) is 4.79 Å². The molecule has 0 bridgehead atoms. The number of hydrogen-bond donors (Lipinski definition) is 1. The van der Waals surface area contributed by atoms with Gasteiger partial charge in [-0.15, -0.1) is 0 Å². The highest BCUT2D eigenvalue weighted by molar-refractivity contribution is 5.71. The van der Waals surface area contributed by atoms with Crippen LogP contribution in [-0.4, -0.2) is 31.1 Å². The molecule has 0 heterocycles. The molecule has 4 unspecified atom stereocenters. The van der Waals surface area contributed by atoms with E-state index in [2.05, 4.69) is 5.32 Å². The zero-order chi connectivity index (χ0) is 14.0. The van der Waals surface area contributed by atoms with Crippen LogP contribution in [0.15, 0.2) is 24.3 Å². The molecule has 0 saturated heterocycles. The highest BCUT2D eigenvalue weighted by atomic mass is 19.2. The molecule has 1 aromatic rings. The SMILES string of the molecule is O=CNc1cccc(C2C(F)C(F)CC(F)C2F)c1. The van der Waals surface area contributed by atoms with Crippen molar-refractivity contribution in [3.8, 4) is 0 Å². The zero-order valence-corrected chi connectivity index (χ0v) is 9.90. The molecule has 2 rings (SSSR count). The van der Waals surface area contributed by atoms with E-state index in [4.69, 9.17) is 0 Å². The number of anilines is 1. The van der Waals surface area contributed by atoms with Crippen molar-refractivity contribution in [1.82, 2.24) is 0 Å². The van der Waals surface area contributed by atoms with E-state index in [0.717, 1.165) is 0 Å². The van der Waals surface area contributed by atoms with Gasteiger partial charge in [0.15, 0.2) is 0 Å². The topological polar surface area (TPSA) is 29.1 Å². The van der Waals surface area contributed by atoms with E-state index in [1.807, 2.05) is 0 Å². The smallest absolute Gasteiger partial charge is 0.211 e. The van der Waals surface area contributed by atoms with Gasteiger partial charge in [0.2, 0.25) is 6.41 Å². The van der Waals surface area contributed by atoms with Gasteiger partial charge in [0.25, 0.3) is 0 Å². The van der Waals surface area contributed by atoms with E-state index >= 15 is 0 Å². The first-order valence-electron chi connectivity index (χ1n) is 5.91. The first-order valence-corrected chi connectivity index (χ1v) is 5.91. The van der Waals surface area contributed by atoms with Gasteiger partial charge in [0.1, 0.15) is 24.7 Å². The summed E-state index contributed by atoms with van der Waals surface area (Å²) in [6, 6.07) is 5.70. The van der Waals surface area contributed by atoms with Crippen LogP contribution >= 0.6 is 0 Å². The third kappa shape index (κ3) is 2.72. The average molecular weight is 275 g/mol. The molecular formula is C13H13F4NO. The highest BCUT2D eigenvalue weighted by Gasteiger charge is 2.47. The summed E-state index contributed by atoms with van der Waals surface area (Å²) in [6.45, 7) is 0. The Bertz CT molecular complexity index is 442. The van der Waals surface area contributed by atoms with Crippen LogP contribution in [0.5, 0.6) is 0 Å². The minimum Gasteiger partial charge on any atom is -0.329 e. The van der Waals surface area contributed by atoms with Crippen LogP contribution in [0.2, 0.25) is 0 Å². The number of carbonyl (C=O) groups excluding carboxylic acids is 1. The molecule has 2 nitrogen and oxygen atoms in total. The van der Waals surface area contributed by atoms with Gasteiger partial charge in [0.05, 0.1) is 5.92 Å². The molecule has 0 spiro atoms. The van der Waals surface area contributed by atoms with Gasteiger partial charge >= 0.3 is 0 Å². The molecule has 0 aliphatic heterocycles. The van der Waals surface area contributed by atoms with Gasteiger partial charge in [-0.1, -0.05) is 12.1 Å². The predicted octanol–water partition coefficient (Wildman–Crippen LogP) is 3.09. The van der Waals surface area contributed by atoms with Gasteiger partial charge in [-0.25, -0.2) is 17.6 Å². The number of rotatable bonds is 3. The van der Waals surface area contributed by atoms with Gasteiger partial charge in [0, 0.05) is 12.1 Å². The van der Waals surface area contributed by atoms with Crippen LogP contribution in [0.1, 0.15) is 17.9 Å². The summed E-state index contributed by atoms with van der Waals surface area (Å²) < 4.78 is 54.3. The molecular weight excluding hydrogens is 262 g/mol. The molecule has 1 fully saturated rings. The molecule has 1 N–H and O–H groups in total. The highest BCUT2D eigenvalue weighted by Crippen LogP contribution is 2.40. The van der Waals surface area contributed by atoms with Crippen LogP contribution in [0.25, 0.3) is 0 Å². The van der Waals surface area contributed by atoms with Crippen LogP contribution in [0, 0.1) is 0 Å². The summed E-state index contributed by atoms with van der Waals surface area (Å²) in [5.41, 5.74) is 0.458. The monoisotopic (exact) mass is 275 g/mol. The fourth-order valence-corrected chi connectivity index (χ4v) is 2.37. The Labute approximate surface area is 107 Å². The summed E-state index contributed by atoms with van der Waals surface area (Å²) in [6.07, 6.45) is -8.56. The Morgan fingerprint density at radius 3 is 2.32 bits per heavy atom. The molecule has 1 amide bonds. The molecule has 1 aromatic carbocycles. The van der Waals surface area contributed by atoms with Crippen LogP contribution in [0.3, 0.4) is 0 Å². The molecule has 4 atom stereocenters. The van der Waals surface area contributed by atoms with E-state index in [0.29, 0.717) is 12.1 Å². The molecule has 1 saturated carbocycles. The van der Waals surface area contributed by atoms with Gasteiger partial charge in [-0.3, -0.25) is 4.79 Å². The van der Waals surface area contributed by atoms with Crippen molar-refractivity contribution in [2.45, 2.75) is 37.0 Å². The van der Waals surface area contributed by atoms with Crippen LogP contribution in [0.4, 0.5) is 23.2 Å². The molecule has 1 aliphatic rings. The maximum absolute atomic E-state index is 13.8. The number of carbonyl (C=O) groups is 1. The number of hydrogen-bond acceptors (Lipinski definition) is 1. The van der Waals surface area contributed by atoms with Crippen molar-refractivity contribution >= 4 is 12.1 Å². The predicted molar refractivity (Wildman–Crippen MR) is 63.1 cm³/mol. The minimum absolute atomic E-state index is 0.136. The maximum atomic E-state index is 13.8. The van der Waals surface area contributed by atoms with Crippen molar-refractivity contribution in [3.63, 3.8) is 0 Å². The average Bonchev–Trinajstić information content (AvgIpc) is 2.38. The zero-order valence-electron chi connectivity index (χ0n) is 9.90. The lowest BCUT2D eigenvalue weighted by molar-refractivity contribution is -0.105. The fraction of sp³-hybridized carbons (Fsp3) is 0.462. The lowest BCUT2D eigenvalue weighted by Gasteiger charge is -2.34. The summed E-state index contributed by atoms with van der Waals surface area (Å²) in [5.74, 6) is -1.49. The van der Waals surface area contributed by atoms with E-state index in [1.165, 1.54) is 24.3 Å². The lowest BCUT2D eigenvalue weighted by atomic mass is 9.79. The third-order valence-electron chi connectivity index (χ3n) is 3.32. The normalized spacial score (nSPS) is 34.8. The number of amides is 1. The first kappa shape index (κ1) is 13.8. The Morgan fingerprint density at radius 1 is 1.11 bits per heavy atom. The Balaban J connectivity index is 2.31.